The molecule has 1 aromatic carbocycles. The van der Waals surface area contributed by atoms with Gasteiger partial charge in [-0.2, -0.15) is 0 Å². The monoisotopic (exact) mass is 188 g/mol. The van der Waals surface area contributed by atoms with Crippen LogP contribution in [0.25, 0.3) is 5.69 Å². The van der Waals surface area contributed by atoms with Gasteiger partial charge in [-0.05, 0) is 19.1 Å². The third-order valence-corrected chi connectivity index (χ3v) is 1.93. The smallest absolute Gasteiger partial charge is 0.121 e. The summed E-state index contributed by atoms with van der Waals surface area (Å²) in [6, 6.07) is 7.93. The van der Waals surface area contributed by atoms with Crippen molar-refractivity contribution in [3.8, 4) is 11.4 Å². The molecular weight excluding hydrogens is 176 g/mol. The molecule has 0 aliphatic heterocycles. The lowest BCUT2D eigenvalue weighted by atomic mass is 10.3. The number of hydrogen-bond acceptors (Lipinski definition) is 2. The molecule has 0 N–H and O–H groups in total. The quantitative estimate of drug-likeness (QED) is 0.738. The van der Waals surface area contributed by atoms with Crippen molar-refractivity contribution in [2.24, 2.45) is 0 Å². The van der Waals surface area contributed by atoms with E-state index in [4.69, 9.17) is 4.74 Å². The van der Waals surface area contributed by atoms with Crippen LogP contribution < -0.4 is 4.74 Å². The average Bonchev–Trinajstić information content (AvgIpc) is 2.71. The summed E-state index contributed by atoms with van der Waals surface area (Å²) in [5.74, 6) is 0.888. The minimum atomic E-state index is 0.688. The van der Waals surface area contributed by atoms with Gasteiger partial charge in [0.15, 0.2) is 0 Å². The highest BCUT2D eigenvalue weighted by Gasteiger charge is 1.97. The lowest BCUT2D eigenvalue weighted by Gasteiger charge is -2.05. The third-order valence-electron chi connectivity index (χ3n) is 1.93. The number of benzene rings is 1. The molecule has 0 saturated carbocycles. The van der Waals surface area contributed by atoms with Crippen LogP contribution in [0, 0.1) is 0 Å². The van der Waals surface area contributed by atoms with Crippen LogP contribution in [0.4, 0.5) is 0 Å². The largest absolute Gasteiger partial charge is 0.494 e. The average molecular weight is 188 g/mol. The normalized spacial score (nSPS) is 10.1. The Kier molecular flexibility index (Phi) is 2.49. The summed E-state index contributed by atoms with van der Waals surface area (Å²) in [6.45, 7) is 2.66. The highest BCUT2D eigenvalue weighted by atomic mass is 16.5. The molecule has 0 bridgehead atoms. The predicted molar refractivity (Wildman–Crippen MR) is 54.7 cm³/mol. The van der Waals surface area contributed by atoms with E-state index in [1.165, 1.54) is 0 Å². The van der Waals surface area contributed by atoms with Gasteiger partial charge in [0.1, 0.15) is 5.75 Å². The van der Waals surface area contributed by atoms with Gasteiger partial charge in [-0.3, -0.25) is 0 Å². The Hall–Kier alpha value is -1.77. The van der Waals surface area contributed by atoms with Gasteiger partial charge >= 0.3 is 0 Å². The molecule has 1 aromatic heterocycles. The van der Waals surface area contributed by atoms with Crippen molar-refractivity contribution < 1.29 is 4.74 Å². The van der Waals surface area contributed by atoms with Gasteiger partial charge in [-0.15, -0.1) is 0 Å². The molecule has 0 saturated heterocycles. The summed E-state index contributed by atoms with van der Waals surface area (Å²) in [7, 11) is 0. The number of hydrogen-bond donors (Lipinski definition) is 0. The van der Waals surface area contributed by atoms with E-state index in [1.807, 2.05) is 42.0 Å². The number of imidazole rings is 1. The number of nitrogens with zero attached hydrogens (tertiary/aromatic N) is 2. The molecule has 1 heterocycles. The molecule has 2 rings (SSSR count). The maximum Gasteiger partial charge on any atom is 0.121 e. The number of rotatable bonds is 3. The summed E-state index contributed by atoms with van der Waals surface area (Å²) in [5.41, 5.74) is 1.06. The molecule has 0 aliphatic rings. The Labute approximate surface area is 83.0 Å². The van der Waals surface area contributed by atoms with Crippen molar-refractivity contribution in [3.63, 3.8) is 0 Å². The molecule has 3 nitrogen and oxygen atoms in total. The lowest BCUT2D eigenvalue weighted by Crippen LogP contribution is -1.94. The Balaban J connectivity index is 2.31. The first-order chi connectivity index (χ1) is 6.90. The molecule has 0 aliphatic carbocycles. The summed E-state index contributed by atoms with van der Waals surface area (Å²) in [4.78, 5) is 4.00. The van der Waals surface area contributed by atoms with Gasteiger partial charge in [-0.1, -0.05) is 6.07 Å². The van der Waals surface area contributed by atoms with Crippen molar-refractivity contribution in [1.29, 1.82) is 0 Å². The first kappa shape index (κ1) is 8.81. The van der Waals surface area contributed by atoms with Crippen LogP contribution in [0.3, 0.4) is 0 Å². The first-order valence-electron chi connectivity index (χ1n) is 4.61. The standard InChI is InChI=1S/C11H12N2O/c1-2-14-11-5-3-4-10(8-11)13-7-6-12-9-13/h3-9H,2H2,1H3. The molecule has 3 heteroatoms. The van der Waals surface area contributed by atoms with Crippen LogP contribution >= 0.6 is 0 Å². The van der Waals surface area contributed by atoms with Crippen molar-refractivity contribution >= 4 is 0 Å². The summed E-state index contributed by atoms with van der Waals surface area (Å²) in [5, 5.41) is 0. The molecule has 0 amide bonds. The second-order valence-electron chi connectivity index (χ2n) is 2.90. The molecule has 0 radical (unpaired) electrons. The summed E-state index contributed by atoms with van der Waals surface area (Å²) >= 11 is 0. The summed E-state index contributed by atoms with van der Waals surface area (Å²) in [6.07, 6.45) is 5.43. The molecular formula is C11H12N2O. The van der Waals surface area contributed by atoms with E-state index in [0.29, 0.717) is 6.61 Å². The van der Waals surface area contributed by atoms with Crippen molar-refractivity contribution in [2.45, 2.75) is 6.92 Å². The van der Waals surface area contributed by atoms with Crippen LogP contribution in [0.15, 0.2) is 43.0 Å². The molecule has 2 aromatic rings. The maximum atomic E-state index is 5.41. The maximum absolute atomic E-state index is 5.41. The van der Waals surface area contributed by atoms with Crippen LogP contribution in [0.5, 0.6) is 5.75 Å². The lowest BCUT2D eigenvalue weighted by molar-refractivity contribution is 0.340. The van der Waals surface area contributed by atoms with E-state index in [9.17, 15) is 0 Å². The van der Waals surface area contributed by atoms with Crippen LogP contribution in [0.1, 0.15) is 6.92 Å². The Morgan fingerprint density at radius 1 is 1.43 bits per heavy atom. The van der Waals surface area contributed by atoms with Crippen molar-refractivity contribution in [3.05, 3.63) is 43.0 Å². The fraction of sp³-hybridized carbons (Fsp3) is 0.182. The third kappa shape index (κ3) is 1.76. The van der Waals surface area contributed by atoms with E-state index < -0.39 is 0 Å². The zero-order chi connectivity index (χ0) is 9.80. The molecule has 0 fully saturated rings. The zero-order valence-electron chi connectivity index (χ0n) is 8.05. The van der Waals surface area contributed by atoms with Gasteiger partial charge in [-0.25, -0.2) is 4.98 Å². The topological polar surface area (TPSA) is 27.1 Å². The Bertz CT molecular complexity index is 395. The molecule has 72 valence electrons. The second kappa shape index (κ2) is 3.96. The zero-order valence-corrected chi connectivity index (χ0v) is 8.05. The molecule has 14 heavy (non-hydrogen) atoms. The highest BCUT2D eigenvalue weighted by molar-refractivity contribution is 5.39. The van der Waals surface area contributed by atoms with Gasteiger partial charge in [0.25, 0.3) is 0 Å². The second-order valence-corrected chi connectivity index (χ2v) is 2.90. The fourth-order valence-corrected chi connectivity index (χ4v) is 1.31. The van der Waals surface area contributed by atoms with Crippen LogP contribution in [0.2, 0.25) is 0 Å². The van der Waals surface area contributed by atoms with Crippen molar-refractivity contribution in [1.82, 2.24) is 9.55 Å². The fourth-order valence-electron chi connectivity index (χ4n) is 1.31. The van der Waals surface area contributed by atoms with Crippen molar-refractivity contribution in [2.75, 3.05) is 6.61 Å². The molecule has 0 spiro atoms. The molecule has 0 unspecified atom stereocenters. The predicted octanol–water partition coefficient (Wildman–Crippen LogP) is 2.27. The number of ether oxygens (including phenoxy) is 1. The van der Waals surface area contributed by atoms with E-state index >= 15 is 0 Å². The van der Waals surface area contributed by atoms with Gasteiger partial charge in [0.2, 0.25) is 0 Å². The van der Waals surface area contributed by atoms with E-state index in [2.05, 4.69) is 4.98 Å². The molecule has 0 atom stereocenters. The summed E-state index contributed by atoms with van der Waals surface area (Å²) < 4.78 is 7.36. The minimum Gasteiger partial charge on any atom is -0.494 e. The number of aromatic nitrogens is 2. The van der Waals surface area contributed by atoms with E-state index in [0.717, 1.165) is 11.4 Å². The van der Waals surface area contributed by atoms with Gasteiger partial charge in [0, 0.05) is 18.5 Å². The minimum absolute atomic E-state index is 0.688. The Morgan fingerprint density at radius 2 is 2.36 bits per heavy atom. The highest BCUT2D eigenvalue weighted by Crippen LogP contribution is 2.16. The van der Waals surface area contributed by atoms with Crippen LogP contribution in [-0.2, 0) is 0 Å². The Morgan fingerprint density at radius 3 is 3.07 bits per heavy atom. The van der Waals surface area contributed by atoms with E-state index in [-0.39, 0.29) is 0 Å². The van der Waals surface area contributed by atoms with Gasteiger partial charge in [0.05, 0.1) is 18.6 Å². The first-order valence-corrected chi connectivity index (χ1v) is 4.61. The SMILES string of the molecule is CCOc1cccc(-n2ccnc2)c1. The van der Waals surface area contributed by atoms with Crippen LogP contribution in [-0.4, -0.2) is 16.2 Å². The van der Waals surface area contributed by atoms with E-state index in [1.54, 1.807) is 12.5 Å². The van der Waals surface area contributed by atoms with Gasteiger partial charge < -0.3 is 9.30 Å².